The van der Waals surface area contributed by atoms with E-state index in [1.165, 1.54) is 33.6 Å². The first-order valence-electron chi connectivity index (χ1n) is 35.6. The smallest absolute Gasteiger partial charge is 0.161 e. The minimum Gasteiger partial charge on any atom is -0.304 e. The molecule has 14 aromatic rings. The highest BCUT2D eigenvalue weighted by Crippen LogP contribution is 2.22. The van der Waals surface area contributed by atoms with Crippen LogP contribution in [-0.4, -0.2) is 96.7 Å². The average molecular weight is 1340 g/mol. The molecule has 14 aromatic heterocycles. The van der Waals surface area contributed by atoms with Gasteiger partial charge in [-0.15, -0.1) is 0 Å². The Hall–Kier alpha value is -9.59. The van der Waals surface area contributed by atoms with Gasteiger partial charge in [0.2, 0.25) is 0 Å². The number of hydrogen-bond donors (Lipinski definition) is 0. The summed E-state index contributed by atoms with van der Waals surface area (Å²) in [4.78, 5) is 33.1. The van der Waals surface area contributed by atoms with Crippen molar-refractivity contribution >= 4 is 39.3 Å². The van der Waals surface area contributed by atoms with Crippen molar-refractivity contribution in [3.8, 4) is 0 Å². The van der Waals surface area contributed by atoms with Crippen molar-refractivity contribution in [2.45, 2.75) is 235 Å². The summed E-state index contributed by atoms with van der Waals surface area (Å²) in [5.41, 5.74) is 15.7. The van der Waals surface area contributed by atoms with Gasteiger partial charge in [-0.25, -0.2) is 57.5 Å². The molecule has 0 saturated carbocycles. The summed E-state index contributed by atoms with van der Waals surface area (Å²) in [7, 11) is 0. The van der Waals surface area contributed by atoms with Gasteiger partial charge in [-0.05, 0) is 90.0 Å². The number of aromatic nitrogens is 20. The number of rotatable bonds is 7. The fraction of sp³-hybridized carbons (Fsp3) is 0.449. The molecule has 532 valence electrons. The maximum Gasteiger partial charge on any atom is 0.161 e. The maximum atomic E-state index is 4.30. The fourth-order valence-corrected chi connectivity index (χ4v) is 9.05. The van der Waals surface area contributed by atoms with E-state index in [2.05, 4.69) is 183 Å². The van der Waals surface area contributed by atoms with Crippen molar-refractivity contribution in [1.29, 1.82) is 0 Å². The number of imidazole rings is 3. The Morgan fingerprint density at radius 2 is 0.724 bits per heavy atom. The van der Waals surface area contributed by atoms with Gasteiger partial charge in [0.1, 0.15) is 24.6 Å². The average Bonchev–Trinajstić information content (AvgIpc) is 1.77. The van der Waals surface area contributed by atoms with Crippen LogP contribution in [0.1, 0.15) is 275 Å². The molecule has 0 saturated heterocycles. The third-order valence-corrected chi connectivity index (χ3v) is 13.7. The SMILES string of the molecule is CC.CC.CC.CC.CC.CC.CC.CC(C)c1cnc2ccccn12.CC(C)c1cnc2cccnn12.CC(C)c1cnc2cnccn12.CC(C)c1cnn2ccccc12.CC(C)c1cnn2cccnc12.CC(C)c1cnn2cnccc12.CC(C)c1cnn2cncnc12. The largest absolute Gasteiger partial charge is 0.304 e. The van der Waals surface area contributed by atoms with Gasteiger partial charge in [-0.1, -0.05) is 206 Å². The molecule has 20 heteroatoms. The van der Waals surface area contributed by atoms with Crippen molar-refractivity contribution < 1.29 is 0 Å². The normalized spacial score (nSPS) is 10.1. The summed E-state index contributed by atoms with van der Waals surface area (Å²) in [5.74, 6) is 3.50. The Morgan fingerprint density at radius 3 is 1.31 bits per heavy atom. The first-order chi connectivity index (χ1) is 47.5. The lowest BCUT2D eigenvalue weighted by Gasteiger charge is -2.03. The standard InChI is InChI=1S/2C10H12N2.4C9H11N3.C8H10N4.7C2H6/c1-8(2)9-7-11-10-5-3-4-6-12(9)10;1-8(2)9-7-11-12-6-4-3-5-10(9)12;1-7(2)8-5-11-9-6-10-3-4-12(8)9;1-7(2)8-5-11-12-6-10-4-3-9(8)12;1-7(2)8-6-11-12-5-3-4-10-9(8)12;1-7(2)8-6-10-9-4-3-5-11-12(8)9;1-6(2)7-3-11-12-5-9-4-10-8(7)12;7*1-2/h2*3-8H,1-2H3;4*3-7H,1-2H3;3-6H,1-2H3;7*1-2H3. The Kier molecular flexibility index (Phi) is 42.5. The molecule has 0 spiro atoms. The predicted molar refractivity (Wildman–Crippen MR) is 411 cm³/mol. The summed E-state index contributed by atoms with van der Waals surface area (Å²) in [6.45, 7) is 58.2. The van der Waals surface area contributed by atoms with Crippen LogP contribution in [0.15, 0.2) is 179 Å². The van der Waals surface area contributed by atoms with E-state index < -0.39 is 0 Å². The topological polar surface area (TPSA) is 198 Å². The molecule has 0 N–H and O–H groups in total. The number of fused-ring (bicyclic) bond motifs is 7. The molecule has 0 bridgehead atoms. The fourth-order valence-electron chi connectivity index (χ4n) is 9.05. The molecule has 98 heavy (non-hydrogen) atoms. The lowest BCUT2D eigenvalue weighted by Crippen LogP contribution is -1.97. The molecule has 14 heterocycles. The Labute approximate surface area is 586 Å². The van der Waals surface area contributed by atoms with Crippen molar-refractivity contribution in [2.24, 2.45) is 0 Å². The van der Waals surface area contributed by atoms with E-state index in [-0.39, 0.29) is 0 Å². The second-order valence-corrected chi connectivity index (χ2v) is 22.2. The minimum atomic E-state index is 0.456. The van der Waals surface area contributed by atoms with Gasteiger partial charge >= 0.3 is 0 Å². The van der Waals surface area contributed by atoms with Crippen LogP contribution in [0.3, 0.4) is 0 Å². The monoisotopic (exact) mass is 1340 g/mol. The zero-order chi connectivity index (χ0) is 73.9. The summed E-state index contributed by atoms with van der Waals surface area (Å²) < 4.78 is 13.3. The summed E-state index contributed by atoms with van der Waals surface area (Å²) >= 11 is 0. The first kappa shape index (κ1) is 86.4. The molecule has 0 unspecified atom stereocenters. The molecular weight excluding hydrogens is 1220 g/mol. The number of nitrogens with zero attached hydrogens (tertiary/aromatic N) is 20. The third-order valence-electron chi connectivity index (χ3n) is 13.7. The Morgan fingerprint density at radius 1 is 0.276 bits per heavy atom. The van der Waals surface area contributed by atoms with E-state index in [9.17, 15) is 0 Å². The first-order valence-corrected chi connectivity index (χ1v) is 35.6. The molecule has 0 aromatic carbocycles. The highest BCUT2D eigenvalue weighted by Gasteiger charge is 2.12. The van der Waals surface area contributed by atoms with Crippen LogP contribution in [0.5, 0.6) is 0 Å². The predicted octanol–water partition coefficient (Wildman–Crippen LogP) is 20.8. The quantitative estimate of drug-likeness (QED) is 0.146. The van der Waals surface area contributed by atoms with Gasteiger partial charge < -0.3 is 8.80 Å². The van der Waals surface area contributed by atoms with Gasteiger partial charge in [0, 0.05) is 95.6 Å². The summed E-state index contributed by atoms with van der Waals surface area (Å²) in [6.07, 6.45) is 35.0. The van der Waals surface area contributed by atoms with Gasteiger partial charge in [0.15, 0.2) is 22.6 Å². The number of pyridine rings is 2. The molecule has 20 nitrogen and oxygen atoms in total. The molecule has 0 aliphatic carbocycles. The van der Waals surface area contributed by atoms with E-state index in [0.29, 0.717) is 41.4 Å². The highest BCUT2D eigenvalue weighted by atomic mass is 15.3. The highest BCUT2D eigenvalue weighted by molar-refractivity contribution is 5.55. The summed E-state index contributed by atoms with van der Waals surface area (Å²) in [5, 5.41) is 21.0. The van der Waals surface area contributed by atoms with Crippen molar-refractivity contribution in [1.82, 2.24) is 96.7 Å². The zero-order valence-electron chi connectivity index (χ0n) is 64.7. The molecular formula is C78H120N20. The third kappa shape index (κ3) is 25.1. The number of hydrogen-bond acceptors (Lipinski definition) is 13. The zero-order valence-corrected chi connectivity index (χ0v) is 64.7. The van der Waals surface area contributed by atoms with Crippen LogP contribution < -0.4 is 0 Å². The second kappa shape index (κ2) is 48.2. The molecule has 0 radical (unpaired) electrons. The van der Waals surface area contributed by atoms with E-state index in [1.54, 1.807) is 63.5 Å². The van der Waals surface area contributed by atoms with E-state index in [4.69, 9.17) is 0 Å². The van der Waals surface area contributed by atoms with Crippen molar-refractivity contribution in [2.75, 3.05) is 0 Å². The molecule has 0 atom stereocenters. The molecule has 14 rings (SSSR count). The van der Waals surface area contributed by atoms with Crippen LogP contribution in [0.25, 0.3) is 39.3 Å². The van der Waals surface area contributed by atoms with Crippen LogP contribution >= 0.6 is 0 Å². The van der Waals surface area contributed by atoms with E-state index in [1.807, 2.05) is 223 Å². The lowest BCUT2D eigenvalue weighted by molar-refractivity contribution is 0.759. The van der Waals surface area contributed by atoms with Gasteiger partial charge in [-0.3, -0.25) is 4.98 Å². The van der Waals surface area contributed by atoms with E-state index >= 15 is 0 Å². The van der Waals surface area contributed by atoms with Crippen LogP contribution in [0.2, 0.25) is 0 Å². The van der Waals surface area contributed by atoms with Gasteiger partial charge in [-0.2, -0.15) is 25.5 Å². The minimum absolute atomic E-state index is 0.456. The molecule has 0 aliphatic rings. The Bertz CT molecular complexity index is 3500. The Balaban J connectivity index is 0.000000554. The van der Waals surface area contributed by atoms with Crippen molar-refractivity contribution in [3.63, 3.8) is 0 Å². The van der Waals surface area contributed by atoms with Crippen LogP contribution in [0.4, 0.5) is 0 Å². The molecule has 0 amide bonds. The summed E-state index contributed by atoms with van der Waals surface area (Å²) in [6, 6.07) is 19.9. The van der Waals surface area contributed by atoms with E-state index in [0.717, 1.165) is 45.0 Å². The maximum absolute atomic E-state index is 4.30. The van der Waals surface area contributed by atoms with Crippen molar-refractivity contribution in [3.05, 3.63) is 218 Å². The van der Waals surface area contributed by atoms with Gasteiger partial charge in [0.05, 0.1) is 53.9 Å². The second-order valence-electron chi connectivity index (χ2n) is 22.2. The van der Waals surface area contributed by atoms with Crippen LogP contribution in [0, 0.1) is 0 Å². The van der Waals surface area contributed by atoms with Crippen LogP contribution in [-0.2, 0) is 0 Å². The lowest BCUT2D eigenvalue weighted by atomic mass is 10.1. The molecule has 0 aliphatic heterocycles. The molecule has 0 fully saturated rings. The van der Waals surface area contributed by atoms with Gasteiger partial charge in [0.25, 0.3) is 0 Å².